The molecule has 234 valence electrons. The third-order valence-corrected chi connectivity index (χ3v) is 9.64. The van der Waals surface area contributed by atoms with Crippen molar-refractivity contribution in [2.75, 3.05) is 0 Å². The summed E-state index contributed by atoms with van der Waals surface area (Å²) in [4.78, 5) is 14.2. The van der Waals surface area contributed by atoms with E-state index in [9.17, 15) is 0 Å². The topological polar surface area (TPSA) is 48.5 Å². The van der Waals surface area contributed by atoms with Gasteiger partial charge < -0.3 is 9.13 Å². The molecule has 0 radical (unpaired) electrons. The number of rotatable bonds is 5. The lowest BCUT2D eigenvalue weighted by molar-refractivity contribution is 1.17. The summed E-state index contributed by atoms with van der Waals surface area (Å²) >= 11 is 0. The first kappa shape index (κ1) is 28.2. The highest BCUT2D eigenvalue weighted by atomic mass is 15.0. The normalized spacial score (nSPS) is 11.6. The zero-order valence-corrected chi connectivity index (χ0v) is 27.0. The Balaban J connectivity index is 1.18. The SMILES string of the molecule is c1ccc(-n2c3cc(-c4ccc5c(c4)c4ccccc4n5-c4cc(-c5ccccn5)cc(-c5ccccn5)c4)ccc3c3ncccc32)cc1. The Hall–Kier alpha value is -6.85. The molecule has 0 aliphatic heterocycles. The summed E-state index contributed by atoms with van der Waals surface area (Å²) in [6.07, 6.45) is 5.56. The van der Waals surface area contributed by atoms with Crippen LogP contribution in [0.15, 0.2) is 176 Å². The quantitative estimate of drug-likeness (QED) is 0.188. The van der Waals surface area contributed by atoms with Crippen molar-refractivity contribution in [2.45, 2.75) is 0 Å². The molecule has 50 heavy (non-hydrogen) atoms. The van der Waals surface area contributed by atoms with Gasteiger partial charge in [-0.15, -0.1) is 0 Å². The Morgan fingerprint density at radius 1 is 0.320 bits per heavy atom. The predicted octanol–water partition coefficient (Wildman–Crippen LogP) is 11.1. The monoisotopic (exact) mass is 639 g/mol. The van der Waals surface area contributed by atoms with Gasteiger partial charge in [-0.25, -0.2) is 0 Å². The number of aromatic nitrogens is 5. The van der Waals surface area contributed by atoms with Gasteiger partial charge in [0.1, 0.15) is 0 Å². The van der Waals surface area contributed by atoms with Gasteiger partial charge in [-0.3, -0.25) is 15.0 Å². The van der Waals surface area contributed by atoms with E-state index < -0.39 is 0 Å². The highest BCUT2D eigenvalue weighted by molar-refractivity contribution is 6.11. The van der Waals surface area contributed by atoms with Crippen LogP contribution in [0.25, 0.3) is 88.8 Å². The van der Waals surface area contributed by atoms with Gasteiger partial charge in [-0.05, 0) is 108 Å². The van der Waals surface area contributed by atoms with Crippen LogP contribution in [0.2, 0.25) is 0 Å². The lowest BCUT2D eigenvalue weighted by atomic mass is 10.0. The van der Waals surface area contributed by atoms with Crippen molar-refractivity contribution >= 4 is 43.7 Å². The Labute approximate surface area is 288 Å². The van der Waals surface area contributed by atoms with Crippen molar-refractivity contribution in [3.8, 4) is 45.0 Å². The molecule has 0 aliphatic rings. The molecule has 5 heterocycles. The van der Waals surface area contributed by atoms with Crippen molar-refractivity contribution in [1.29, 1.82) is 0 Å². The summed E-state index contributed by atoms with van der Waals surface area (Å²) in [6.45, 7) is 0. The maximum atomic E-state index is 4.78. The van der Waals surface area contributed by atoms with Gasteiger partial charge in [0.05, 0.1) is 39.0 Å². The first-order valence-corrected chi connectivity index (χ1v) is 16.8. The molecule has 5 nitrogen and oxygen atoms in total. The fourth-order valence-corrected chi connectivity index (χ4v) is 7.40. The minimum Gasteiger partial charge on any atom is -0.309 e. The first-order valence-electron chi connectivity index (χ1n) is 16.8. The van der Waals surface area contributed by atoms with E-state index in [4.69, 9.17) is 15.0 Å². The Bertz CT molecular complexity index is 2800. The second-order valence-electron chi connectivity index (χ2n) is 12.6. The largest absolute Gasteiger partial charge is 0.309 e. The minimum atomic E-state index is 0.924. The molecule has 10 aromatic rings. The van der Waals surface area contributed by atoms with Crippen molar-refractivity contribution in [3.63, 3.8) is 0 Å². The lowest BCUT2D eigenvalue weighted by Gasteiger charge is -2.13. The Morgan fingerprint density at radius 2 is 0.940 bits per heavy atom. The third kappa shape index (κ3) is 4.52. The molecule has 5 heteroatoms. The number of nitrogens with zero attached hydrogens (tertiary/aromatic N) is 5. The molecule has 0 N–H and O–H groups in total. The summed E-state index contributed by atoms with van der Waals surface area (Å²) in [5.74, 6) is 0. The van der Waals surface area contributed by atoms with E-state index in [0.29, 0.717) is 0 Å². The average molecular weight is 640 g/mol. The van der Waals surface area contributed by atoms with Gasteiger partial charge >= 0.3 is 0 Å². The van der Waals surface area contributed by atoms with Crippen molar-refractivity contribution in [3.05, 3.63) is 176 Å². The fraction of sp³-hybridized carbons (Fsp3) is 0. The van der Waals surface area contributed by atoms with E-state index in [1.807, 2.05) is 48.9 Å². The average Bonchev–Trinajstić information content (AvgIpc) is 3.71. The van der Waals surface area contributed by atoms with Crippen LogP contribution in [-0.2, 0) is 0 Å². The second kappa shape index (κ2) is 11.4. The van der Waals surface area contributed by atoms with Crippen LogP contribution in [0, 0.1) is 0 Å². The number of benzene rings is 5. The maximum absolute atomic E-state index is 4.78. The second-order valence-corrected chi connectivity index (χ2v) is 12.6. The molecule has 0 bridgehead atoms. The Kier molecular flexibility index (Phi) is 6.42. The van der Waals surface area contributed by atoms with Gasteiger partial charge in [0.2, 0.25) is 0 Å². The molecular weight excluding hydrogens is 611 g/mol. The van der Waals surface area contributed by atoms with Gasteiger partial charge in [0.15, 0.2) is 0 Å². The molecule has 5 aromatic heterocycles. The molecule has 0 spiro atoms. The van der Waals surface area contributed by atoms with Crippen LogP contribution in [-0.4, -0.2) is 24.1 Å². The van der Waals surface area contributed by atoms with E-state index >= 15 is 0 Å². The lowest BCUT2D eigenvalue weighted by Crippen LogP contribution is -1.97. The first-order chi connectivity index (χ1) is 24.8. The van der Waals surface area contributed by atoms with E-state index in [1.54, 1.807) is 0 Å². The number of pyridine rings is 3. The van der Waals surface area contributed by atoms with E-state index in [1.165, 1.54) is 10.8 Å². The number of fused-ring (bicyclic) bond motifs is 6. The van der Waals surface area contributed by atoms with E-state index in [-0.39, 0.29) is 0 Å². The predicted molar refractivity (Wildman–Crippen MR) is 205 cm³/mol. The summed E-state index contributed by atoms with van der Waals surface area (Å²) in [6, 6.07) is 55.7. The minimum absolute atomic E-state index is 0.924. The summed E-state index contributed by atoms with van der Waals surface area (Å²) < 4.78 is 4.69. The van der Waals surface area contributed by atoms with Crippen LogP contribution in [0.1, 0.15) is 0 Å². The smallest absolute Gasteiger partial charge is 0.0963 e. The van der Waals surface area contributed by atoms with Crippen LogP contribution in [0.5, 0.6) is 0 Å². The molecule has 10 rings (SSSR count). The van der Waals surface area contributed by atoms with Gasteiger partial charge in [0, 0.05) is 57.3 Å². The third-order valence-electron chi connectivity index (χ3n) is 9.64. The van der Waals surface area contributed by atoms with Crippen LogP contribution >= 0.6 is 0 Å². The molecule has 0 aliphatic carbocycles. The molecule has 0 unspecified atom stereocenters. The molecule has 0 saturated carbocycles. The van der Waals surface area contributed by atoms with Crippen molar-refractivity contribution in [1.82, 2.24) is 24.1 Å². The molecule has 0 atom stereocenters. The standard InChI is InChI=1S/C45H29N5/c1-2-11-34(12-3-1)49-43-17-10-24-48-45(43)37-20-18-31(29-44(37)49)30-19-21-42-38(28-30)36-13-4-5-16-41(36)50(42)35-26-32(39-14-6-8-22-46-39)25-33(27-35)40-15-7-9-23-47-40/h1-29H. The summed E-state index contributed by atoms with van der Waals surface area (Å²) in [5.41, 5.74) is 14.0. The van der Waals surface area contributed by atoms with Crippen LogP contribution in [0.3, 0.4) is 0 Å². The molecule has 0 amide bonds. The zero-order chi connectivity index (χ0) is 33.0. The maximum Gasteiger partial charge on any atom is 0.0963 e. The highest BCUT2D eigenvalue weighted by Gasteiger charge is 2.18. The summed E-state index contributed by atoms with van der Waals surface area (Å²) in [5, 5.41) is 3.55. The highest BCUT2D eigenvalue weighted by Crippen LogP contribution is 2.39. The van der Waals surface area contributed by atoms with Crippen molar-refractivity contribution < 1.29 is 0 Å². The molecule has 0 saturated heterocycles. The number of hydrogen-bond donors (Lipinski definition) is 0. The Morgan fingerprint density at radius 3 is 1.70 bits per heavy atom. The zero-order valence-electron chi connectivity index (χ0n) is 27.0. The van der Waals surface area contributed by atoms with E-state index in [0.717, 1.165) is 78.0 Å². The molecular formula is C45H29N5. The van der Waals surface area contributed by atoms with Crippen LogP contribution < -0.4 is 0 Å². The van der Waals surface area contributed by atoms with Crippen LogP contribution in [0.4, 0.5) is 0 Å². The fourth-order valence-electron chi connectivity index (χ4n) is 7.40. The number of para-hydroxylation sites is 2. The van der Waals surface area contributed by atoms with E-state index in [2.05, 4.69) is 137 Å². The van der Waals surface area contributed by atoms with Gasteiger partial charge in [0.25, 0.3) is 0 Å². The van der Waals surface area contributed by atoms with Crippen molar-refractivity contribution in [2.24, 2.45) is 0 Å². The molecule has 5 aromatic carbocycles. The summed E-state index contributed by atoms with van der Waals surface area (Å²) in [7, 11) is 0. The van der Waals surface area contributed by atoms with Gasteiger partial charge in [-0.2, -0.15) is 0 Å². The number of hydrogen-bond acceptors (Lipinski definition) is 3. The molecule has 0 fully saturated rings. The van der Waals surface area contributed by atoms with Gasteiger partial charge in [-0.1, -0.05) is 60.7 Å².